The van der Waals surface area contributed by atoms with Gasteiger partial charge in [0.1, 0.15) is 0 Å². The van der Waals surface area contributed by atoms with Gasteiger partial charge in [-0.05, 0) is 60.3 Å². The highest BCUT2D eigenvalue weighted by Crippen LogP contribution is 2.50. The molecule has 0 aliphatic carbocycles. The molecule has 0 aromatic rings. The second-order valence-corrected chi connectivity index (χ2v) is 18.2. The lowest BCUT2D eigenvalue weighted by Crippen LogP contribution is -2.57. The normalized spacial score (nSPS) is 12.5. The van der Waals surface area contributed by atoms with Crippen LogP contribution in [0.15, 0.2) is 0 Å². The first-order valence-corrected chi connectivity index (χ1v) is 24.7. The molecule has 60 heavy (non-hydrogen) atoms. The van der Waals surface area contributed by atoms with E-state index in [4.69, 9.17) is 8.74 Å². The molecule has 0 aromatic heterocycles. The van der Waals surface area contributed by atoms with Gasteiger partial charge in [0, 0.05) is 12.8 Å². The molecule has 0 heterocycles. The monoisotopic (exact) mass is 939 g/mol. The summed E-state index contributed by atoms with van der Waals surface area (Å²) in [7, 11) is -2.66. The van der Waals surface area contributed by atoms with Gasteiger partial charge in [-0.25, -0.2) is 0 Å². The lowest BCUT2D eigenvalue weighted by Gasteiger charge is -2.30. The van der Waals surface area contributed by atoms with Gasteiger partial charge in [-0.15, -0.1) is 0 Å². The van der Waals surface area contributed by atoms with Crippen molar-refractivity contribution in [2.75, 3.05) is 47.2 Å². The van der Waals surface area contributed by atoms with Crippen molar-refractivity contribution in [2.24, 2.45) is 0 Å². The summed E-state index contributed by atoms with van der Waals surface area (Å²) in [6, 6.07) is 0. The van der Waals surface area contributed by atoms with E-state index >= 15 is 0 Å². The Hall–Kier alpha value is -0.960. The lowest BCUT2D eigenvalue weighted by molar-refractivity contribution is -0.283. The van der Waals surface area contributed by atoms with Gasteiger partial charge in [-0.1, -0.05) is 142 Å². The van der Waals surface area contributed by atoms with Crippen molar-refractivity contribution in [1.29, 1.82) is 0 Å². The van der Waals surface area contributed by atoms with Gasteiger partial charge in [-0.3, -0.25) is 13.1 Å². The number of unbranched alkanes of at least 4 members (excludes halogenated alkanes) is 23. The molecule has 0 radical (unpaired) electrons. The molecule has 0 atom stereocenters. The van der Waals surface area contributed by atoms with Gasteiger partial charge in [0.15, 0.2) is 0 Å². The number of hydrogen-bond donors (Lipinski definition) is 3. The first kappa shape index (κ1) is 65.7. The predicted octanol–water partition coefficient (Wildman–Crippen LogP) is 13.2. The second-order valence-electron chi connectivity index (χ2n) is 15.0. The van der Waals surface area contributed by atoms with Crippen LogP contribution in [0, 0.1) is 0 Å². The highest BCUT2D eigenvalue weighted by atomic mass is 32.2. The Kier molecular flexibility index (Phi) is 43.3. The van der Waals surface area contributed by atoms with Gasteiger partial charge in [0.25, 0.3) is 10.1 Å². The third-order valence-electron chi connectivity index (χ3n) is 8.89. The van der Waals surface area contributed by atoms with Crippen molar-refractivity contribution in [3.05, 3.63) is 0 Å². The molecule has 0 unspecified atom stereocenters. The number of alkyl halides is 10. The Balaban J connectivity index is -0.000000484. The lowest BCUT2D eigenvalue weighted by atomic mass is 10.0. The van der Waals surface area contributed by atoms with E-state index in [0.29, 0.717) is 19.4 Å². The third kappa shape index (κ3) is 39.9. The van der Waals surface area contributed by atoms with Crippen LogP contribution in [0.4, 0.5) is 43.9 Å². The first-order valence-electron chi connectivity index (χ1n) is 21.7. The van der Waals surface area contributed by atoms with Crippen LogP contribution in [-0.2, 0) is 24.4 Å². The third-order valence-corrected chi connectivity index (χ3v) is 11.1. The van der Waals surface area contributed by atoms with Crippen LogP contribution in [0.1, 0.15) is 187 Å². The molecule has 0 saturated carbocycles. The number of nitrogens with one attached hydrogen (secondary N) is 2. The van der Waals surface area contributed by atoms with E-state index in [0.717, 1.165) is 44.9 Å². The van der Waals surface area contributed by atoms with E-state index in [1.54, 1.807) is 0 Å². The summed E-state index contributed by atoms with van der Waals surface area (Å²) in [6.07, 6.45) is 17.2. The predicted molar refractivity (Wildman–Crippen MR) is 223 cm³/mol. The topological polar surface area (TPSA) is 122 Å². The van der Waals surface area contributed by atoms with Gasteiger partial charge >= 0.3 is 33.4 Å². The van der Waals surface area contributed by atoms with Crippen LogP contribution in [0.25, 0.3) is 0 Å². The Bertz CT molecular complexity index is 1150. The molecule has 0 saturated heterocycles. The summed E-state index contributed by atoms with van der Waals surface area (Å²) >= 11 is 0. The molecule has 3 N–H and O–H groups in total. The van der Waals surface area contributed by atoms with E-state index in [2.05, 4.69) is 17.6 Å². The molecule has 20 heteroatoms. The number of rotatable bonds is 35. The fraction of sp³-hybridized carbons (Fsp3) is 1.00. The van der Waals surface area contributed by atoms with Gasteiger partial charge in [0.2, 0.25) is 0 Å². The second kappa shape index (κ2) is 39.6. The van der Waals surface area contributed by atoms with Gasteiger partial charge in [-0.2, -0.15) is 56.3 Å². The van der Waals surface area contributed by atoms with Crippen LogP contribution in [0.2, 0.25) is 0 Å². The van der Waals surface area contributed by atoms with Gasteiger partial charge in [0.05, 0.1) is 19.0 Å². The zero-order valence-electron chi connectivity index (χ0n) is 37.0. The number of halogens is 10. The van der Waals surface area contributed by atoms with Crippen LogP contribution >= 0.6 is 0 Å². The molecular weight excluding hydrogens is 859 g/mol. The van der Waals surface area contributed by atoms with Crippen molar-refractivity contribution in [1.82, 2.24) is 10.6 Å². The minimum Gasteiger partial charge on any atom is -0.323 e. The smallest absolute Gasteiger partial charge is 0.323 e. The fourth-order valence-electron chi connectivity index (χ4n) is 5.53. The minimum absolute atomic E-state index is 0.135. The van der Waals surface area contributed by atoms with Crippen molar-refractivity contribution in [3.63, 3.8) is 0 Å². The molecule has 368 valence electrons. The molecule has 0 bridgehead atoms. The largest absolute Gasteiger partial charge is 0.437 e. The SMILES string of the molecule is CCCCCCCCCCCCCCCCCCOS(=O)(=O)CCCCCCCCCF.CNC.CNC.O=S(=O)(O)C(F)(F)C(F)(F)C(F)(F)CCCCCC(F)(F)F. The summed E-state index contributed by atoms with van der Waals surface area (Å²) in [5.74, 6) is -11.8. The zero-order chi connectivity index (χ0) is 47.0. The summed E-state index contributed by atoms with van der Waals surface area (Å²) in [4.78, 5) is 0. The van der Waals surface area contributed by atoms with Crippen molar-refractivity contribution in [3.8, 4) is 0 Å². The van der Waals surface area contributed by atoms with Crippen molar-refractivity contribution >= 4 is 20.2 Å². The van der Waals surface area contributed by atoms with E-state index in [9.17, 15) is 60.7 Å². The maximum absolute atomic E-state index is 13.1. The molecule has 8 nitrogen and oxygen atoms in total. The molecule has 0 aliphatic heterocycles. The Morgan fingerprint density at radius 3 is 1.15 bits per heavy atom. The van der Waals surface area contributed by atoms with Crippen molar-refractivity contribution in [2.45, 2.75) is 210 Å². The highest BCUT2D eigenvalue weighted by Gasteiger charge is 2.76. The van der Waals surface area contributed by atoms with Crippen LogP contribution in [-0.4, -0.2) is 91.9 Å². The fourth-order valence-corrected chi connectivity index (χ4v) is 7.05. The summed E-state index contributed by atoms with van der Waals surface area (Å²) in [6.45, 7) is 2.38. The molecule has 0 fully saturated rings. The molecule has 0 spiro atoms. The summed E-state index contributed by atoms with van der Waals surface area (Å²) in [5.41, 5.74) is 0. The van der Waals surface area contributed by atoms with Gasteiger partial charge < -0.3 is 10.6 Å². The van der Waals surface area contributed by atoms with E-state index in [1.165, 1.54) is 89.9 Å². The van der Waals surface area contributed by atoms with Crippen LogP contribution in [0.3, 0.4) is 0 Å². The summed E-state index contributed by atoms with van der Waals surface area (Å²) in [5, 5.41) is -0.935. The number of hydrogen-bond acceptors (Lipinski definition) is 7. The standard InChI is InChI=1S/C27H55FO3S.C9H11F9O3S.2C2H7N/c1-2-3-4-5-6-7-8-9-10-11-12-13-14-17-20-23-26-31-32(29,30)27-24-21-18-15-16-19-22-25-28;10-6(11,4-2-1-3-5-7(12,13)14)8(15,16)9(17,18)22(19,20)21;2*1-3-2/h2-27H2,1H3;1-5H2,(H,19,20,21);2*3H,1-2H3. The first-order chi connectivity index (χ1) is 27.9. The van der Waals surface area contributed by atoms with E-state index < -0.39 is 75.6 Å². The molecule has 0 rings (SSSR count). The van der Waals surface area contributed by atoms with Crippen molar-refractivity contribution < 1.29 is 69.5 Å². The zero-order valence-corrected chi connectivity index (χ0v) is 38.6. The average molecular weight is 939 g/mol. The average Bonchev–Trinajstić information content (AvgIpc) is 3.13. The van der Waals surface area contributed by atoms with Crippen LogP contribution in [0.5, 0.6) is 0 Å². The Morgan fingerprint density at radius 1 is 0.483 bits per heavy atom. The molecular formula is C40H80F10N2O6S2. The maximum Gasteiger partial charge on any atom is 0.437 e. The maximum atomic E-state index is 13.1. The van der Waals surface area contributed by atoms with E-state index in [1.807, 2.05) is 28.2 Å². The molecule has 0 aromatic carbocycles. The highest BCUT2D eigenvalue weighted by molar-refractivity contribution is 7.87. The molecule has 0 aliphatic rings. The quantitative estimate of drug-likeness (QED) is 0.0249. The molecule has 0 amide bonds. The van der Waals surface area contributed by atoms with Crippen LogP contribution < -0.4 is 10.6 Å². The summed E-state index contributed by atoms with van der Waals surface area (Å²) < 4.78 is 182. The minimum atomic E-state index is -6.81. The Labute approximate surface area is 356 Å². The Morgan fingerprint density at radius 2 is 0.800 bits per heavy atom. The van der Waals surface area contributed by atoms with E-state index in [-0.39, 0.29) is 12.4 Å².